The zero-order valence-electron chi connectivity index (χ0n) is 38.0. The molecule has 68 heavy (non-hydrogen) atoms. The maximum atomic E-state index is 13.7. The highest BCUT2D eigenvalue weighted by Gasteiger charge is 2.52. The number of aliphatic imine (C=N–C) groups is 1. The van der Waals surface area contributed by atoms with Crippen LogP contribution < -0.4 is 25.4 Å². The van der Waals surface area contributed by atoms with Gasteiger partial charge in [0.25, 0.3) is 17.7 Å². The Morgan fingerprint density at radius 3 is 2.31 bits per heavy atom. The van der Waals surface area contributed by atoms with Crippen molar-refractivity contribution in [3.05, 3.63) is 65.7 Å². The van der Waals surface area contributed by atoms with E-state index in [2.05, 4.69) is 20.9 Å². The Bertz CT molecular complexity index is 2670. The van der Waals surface area contributed by atoms with Crippen molar-refractivity contribution in [3.8, 4) is 11.5 Å². The van der Waals surface area contributed by atoms with Crippen molar-refractivity contribution in [2.45, 2.75) is 90.1 Å². The molecule has 2 fully saturated rings. The second kappa shape index (κ2) is 20.8. The molecule has 0 spiro atoms. The number of esters is 4. The number of hydrogen-bond donors (Lipinski definition) is 3. The second-order valence-corrected chi connectivity index (χ2v) is 16.2. The van der Waals surface area contributed by atoms with E-state index in [9.17, 15) is 38.4 Å². The number of amides is 4. The molecule has 2 saturated heterocycles. The van der Waals surface area contributed by atoms with Gasteiger partial charge in [-0.2, -0.15) is 0 Å². The first-order valence-corrected chi connectivity index (χ1v) is 21.6. The normalized spacial score (nSPS) is 20.6. The first-order valence-electron chi connectivity index (χ1n) is 21.6. The number of ether oxygens (including phenoxy) is 7. The van der Waals surface area contributed by atoms with Crippen molar-refractivity contribution in [2.24, 2.45) is 12.0 Å². The van der Waals surface area contributed by atoms with E-state index in [4.69, 9.17) is 37.6 Å². The predicted molar refractivity (Wildman–Crippen MR) is 238 cm³/mol. The van der Waals surface area contributed by atoms with Gasteiger partial charge >= 0.3 is 23.9 Å². The molecule has 3 N–H and O–H groups in total. The Labute approximate surface area is 388 Å². The Morgan fingerprint density at radius 1 is 0.838 bits per heavy atom. The number of furan rings is 1. The van der Waals surface area contributed by atoms with E-state index in [1.807, 2.05) is 4.90 Å². The molecule has 6 atom stereocenters. The molecule has 2 aromatic heterocycles. The monoisotopic (exact) mass is 942 g/mol. The standard InChI is InChI=1S/C46H50N6O16/c1-23(53)63-22-38-41(64-24(2)54)42(65-25(3)55)40(46(68-38)66-26(4)56)50-44(59)37-16-27-15-28(11-12-34(27)67-37)49-43(58)33-17-29(21-51(33)5)48-39(57)10-8-14-62-36-19-32-31(18-35(36)61-6)45(60)52-13-7-9-30(52)20-47-32/h11-12,15-21,30,38,40-42,46H,7-10,13-14,22H2,1-6H3,(H,48,57)(H,49,58)(H,50,59)/t30-,38?,40?,41?,42?,46?/m0/s1. The molecule has 7 rings (SSSR count). The number of carbonyl (C=O) groups excluding carboxylic acids is 8. The largest absolute Gasteiger partial charge is 0.493 e. The van der Waals surface area contributed by atoms with E-state index < -0.39 is 72.9 Å². The molecule has 4 aromatic rings. The van der Waals surface area contributed by atoms with E-state index in [-0.39, 0.29) is 47.9 Å². The number of hydrogen-bond acceptors (Lipinski definition) is 17. The zero-order valence-corrected chi connectivity index (χ0v) is 38.0. The third-order valence-electron chi connectivity index (χ3n) is 11.1. The van der Waals surface area contributed by atoms with Crippen LogP contribution in [-0.4, -0.2) is 127 Å². The fourth-order valence-electron chi connectivity index (χ4n) is 8.09. The molecular weight excluding hydrogens is 893 g/mol. The number of fused-ring (bicyclic) bond motifs is 3. The van der Waals surface area contributed by atoms with Crippen molar-refractivity contribution >= 4 is 81.8 Å². The van der Waals surface area contributed by atoms with Crippen molar-refractivity contribution in [2.75, 3.05) is 37.5 Å². The van der Waals surface area contributed by atoms with Gasteiger partial charge < -0.3 is 63.0 Å². The minimum absolute atomic E-state index is 0.0361. The third-order valence-corrected chi connectivity index (χ3v) is 11.1. The highest BCUT2D eigenvalue weighted by atomic mass is 16.7. The van der Waals surface area contributed by atoms with E-state index >= 15 is 0 Å². The number of aromatic nitrogens is 1. The van der Waals surface area contributed by atoms with Crippen LogP contribution in [0.4, 0.5) is 17.1 Å². The molecule has 0 saturated carbocycles. The second-order valence-electron chi connectivity index (χ2n) is 16.2. The van der Waals surface area contributed by atoms with Crippen LogP contribution in [0.15, 0.2) is 58.1 Å². The molecule has 3 aliphatic heterocycles. The molecule has 4 amide bonds. The van der Waals surface area contributed by atoms with Crippen LogP contribution in [0.5, 0.6) is 11.5 Å². The van der Waals surface area contributed by atoms with Crippen LogP contribution in [0.25, 0.3) is 11.0 Å². The van der Waals surface area contributed by atoms with Gasteiger partial charge in [-0.3, -0.25) is 43.3 Å². The summed E-state index contributed by atoms with van der Waals surface area (Å²) in [5, 5.41) is 8.58. The molecule has 2 aromatic carbocycles. The van der Waals surface area contributed by atoms with E-state index in [1.54, 1.807) is 48.3 Å². The van der Waals surface area contributed by atoms with Gasteiger partial charge in [-0.1, -0.05) is 0 Å². The van der Waals surface area contributed by atoms with Crippen LogP contribution in [0.3, 0.4) is 0 Å². The van der Waals surface area contributed by atoms with Crippen LogP contribution >= 0.6 is 0 Å². The van der Waals surface area contributed by atoms with E-state index in [0.29, 0.717) is 52.5 Å². The average molecular weight is 943 g/mol. The highest BCUT2D eigenvalue weighted by Crippen LogP contribution is 2.38. The maximum absolute atomic E-state index is 13.7. The number of carbonyl (C=O) groups is 8. The third kappa shape index (κ3) is 11.3. The van der Waals surface area contributed by atoms with Crippen molar-refractivity contribution < 1.29 is 75.9 Å². The number of nitrogens with one attached hydrogen (secondary N) is 3. The van der Waals surface area contributed by atoms with Gasteiger partial charge in [0.1, 0.15) is 30.0 Å². The van der Waals surface area contributed by atoms with Crippen molar-refractivity contribution in [1.29, 1.82) is 0 Å². The number of methoxy groups -OCH3 is 1. The predicted octanol–water partition coefficient (Wildman–Crippen LogP) is 3.96. The van der Waals surface area contributed by atoms with Gasteiger partial charge in [-0.15, -0.1) is 0 Å². The van der Waals surface area contributed by atoms with Crippen LogP contribution in [0.1, 0.15) is 84.8 Å². The molecule has 5 unspecified atom stereocenters. The van der Waals surface area contributed by atoms with Crippen molar-refractivity contribution in [1.82, 2.24) is 14.8 Å². The van der Waals surface area contributed by atoms with E-state index in [0.717, 1.165) is 40.5 Å². The van der Waals surface area contributed by atoms with Crippen LogP contribution in [0, 0.1) is 0 Å². The smallest absolute Gasteiger partial charge is 0.305 e. The number of anilines is 2. The first kappa shape index (κ1) is 48.2. The highest BCUT2D eigenvalue weighted by molar-refractivity contribution is 6.06. The summed E-state index contributed by atoms with van der Waals surface area (Å²) in [6, 6.07) is 9.32. The molecule has 22 heteroatoms. The van der Waals surface area contributed by atoms with Crippen LogP contribution in [0.2, 0.25) is 0 Å². The van der Waals surface area contributed by atoms with Gasteiger partial charge in [-0.05, 0) is 55.7 Å². The molecule has 0 bridgehead atoms. The van der Waals surface area contributed by atoms with Gasteiger partial charge in [0.05, 0.1) is 36.7 Å². The Hall–Kier alpha value is -7.75. The summed E-state index contributed by atoms with van der Waals surface area (Å²) in [5.41, 5.74) is 2.12. The SMILES string of the molecule is COc1cc2c(cc1OCCCC(=O)Nc1cc(C(=O)Nc3ccc4oc(C(=O)NC5C(OC(C)=O)OC(COC(C)=O)C(OC(C)=O)C5OC(C)=O)cc4c3)n(C)c1)N=C[C@@H]1CCCN1C2=O. The van der Waals surface area contributed by atoms with Gasteiger partial charge in [-0.25, -0.2) is 0 Å². The molecular formula is C46H50N6O16. The molecule has 22 nitrogen and oxygen atoms in total. The van der Waals surface area contributed by atoms with Crippen molar-refractivity contribution in [3.63, 3.8) is 0 Å². The average Bonchev–Trinajstić information content (AvgIpc) is 4.01. The summed E-state index contributed by atoms with van der Waals surface area (Å²) in [6.07, 6.45) is -0.210. The number of rotatable bonds is 16. The fraction of sp³-hybridized carbons (Fsp3) is 0.413. The lowest BCUT2D eigenvalue weighted by Crippen LogP contribution is -2.67. The molecule has 360 valence electrons. The Kier molecular flexibility index (Phi) is 14.8. The summed E-state index contributed by atoms with van der Waals surface area (Å²) >= 11 is 0. The number of nitrogens with zero attached hydrogens (tertiary/aromatic N) is 3. The quantitative estimate of drug-likeness (QED) is 0.0815. The summed E-state index contributed by atoms with van der Waals surface area (Å²) < 4.78 is 45.9. The molecule has 0 radical (unpaired) electrons. The van der Waals surface area contributed by atoms with Crippen LogP contribution in [-0.2, 0) is 54.7 Å². The topological polar surface area (TPSA) is 271 Å². The first-order chi connectivity index (χ1) is 32.5. The minimum Gasteiger partial charge on any atom is -0.493 e. The summed E-state index contributed by atoms with van der Waals surface area (Å²) in [7, 11) is 3.13. The lowest BCUT2D eigenvalue weighted by atomic mass is 9.96. The Morgan fingerprint density at radius 2 is 1.59 bits per heavy atom. The van der Waals surface area contributed by atoms with E-state index in [1.165, 1.54) is 25.3 Å². The molecule has 0 aliphatic carbocycles. The van der Waals surface area contributed by atoms with Gasteiger partial charge in [0.2, 0.25) is 12.2 Å². The summed E-state index contributed by atoms with van der Waals surface area (Å²) in [4.78, 5) is 108. The molecule has 5 heterocycles. The lowest BCUT2D eigenvalue weighted by molar-refractivity contribution is -0.270. The van der Waals surface area contributed by atoms with Gasteiger partial charge in [0, 0.05) is 77.3 Å². The fourth-order valence-corrected chi connectivity index (χ4v) is 8.09. The number of benzene rings is 2. The zero-order chi connectivity index (χ0) is 48.8. The number of aryl methyl sites for hydroxylation is 1. The van der Waals surface area contributed by atoms with Gasteiger partial charge in [0.15, 0.2) is 29.5 Å². The minimum atomic E-state index is -1.61. The lowest BCUT2D eigenvalue weighted by Gasteiger charge is -2.44. The Balaban J connectivity index is 0.960. The summed E-state index contributed by atoms with van der Waals surface area (Å²) in [6.45, 7) is 4.74. The molecule has 3 aliphatic rings. The maximum Gasteiger partial charge on any atom is 0.305 e. The summed E-state index contributed by atoms with van der Waals surface area (Å²) in [5.74, 6) is -4.45.